The maximum Gasteiger partial charge on any atom is 0.416 e. The molecular formula is C35H34F6O2. The summed E-state index contributed by atoms with van der Waals surface area (Å²) in [5.41, 5.74) is -0.0965. The monoisotopic (exact) mass is 600 g/mol. The minimum atomic E-state index is -4.90. The molecule has 0 heterocycles. The van der Waals surface area contributed by atoms with Gasteiger partial charge in [0.05, 0.1) is 16.7 Å². The predicted molar refractivity (Wildman–Crippen MR) is 158 cm³/mol. The summed E-state index contributed by atoms with van der Waals surface area (Å²) in [6.45, 7) is 6.53. The van der Waals surface area contributed by atoms with E-state index in [1.54, 1.807) is 36.4 Å². The van der Waals surface area contributed by atoms with Gasteiger partial charge in [-0.15, -0.1) is 0 Å². The Morgan fingerprint density at radius 3 is 1.60 bits per heavy atom. The highest BCUT2D eigenvalue weighted by molar-refractivity contribution is 5.90. The third-order valence-corrected chi connectivity index (χ3v) is 7.85. The molecule has 0 N–H and O–H groups in total. The first-order valence-electron chi connectivity index (χ1n) is 14.3. The SMILES string of the molecule is CC(C)[C@@H]1CC[C@@H](C)C[C@H]1OC(=O)c1ccc(/C=C/c2ccc(/C=C/c3cc(C(F)(F)F)cc(C(F)(F)F)c3)cc2)cc1. The van der Waals surface area contributed by atoms with E-state index >= 15 is 0 Å². The molecule has 0 aromatic heterocycles. The summed E-state index contributed by atoms with van der Waals surface area (Å²) in [4.78, 5) is 12.8. The lowest BCUT2D eigenvalue weighted by Gasteiger charge is -2.36. The number of ether oxygens (including phenoxy) is 1. The van der Waals surface area contributed by atoms with Crippen LogP contribution in [0.5, 0.6) is 0 Å². The van der Waals surface area contributed by atoms with Crippen LogP contribution in [-0.4, -0.2) is 12.1 Å². The zero-order chi connectivity index (χ0) is 31.4. The van der Waals surface area contributed by atoms with Crippen molar-refractivity contribution < 1.29 is 35.9 Å². The van der Waals surface area contributed by atoms with Crippen LogP contribution in [0.25, 0.3) is 24.3 Å². The standard InChI is InChI=1S/C35H34F6O2/c1-22(2)31-17-4-23(3)18-32(31)43-33(42)28-15-13-26(14-16-28)10-9-24-5-7-25(8-6-24)11-12-27-19-29(34(36,37)38)21-30(20-27)35(39,40)41/h5-16,19-23,31-32H,4,17-18H2,1-3H3/b10-9+,12-11+/t23-,31+,32-/m1/s1. The van der Waals surface area contributed by atoms with Gasteiger partial charge in [-0.2, -0.15) is 26.3 Å². The fraction of sp³-hybridized carbons (Fsp3) is 0.343. The molecule has 1 aliphatic carbocycles. The molecule has 0 saturated heterocycles. The molecule has 43 heavy (non-hydrogen) atoms. The van der Waals surface area contributed by atoms with Gasteiger partial charge in [0.1, 0.15) is 6.10 Å². The number of benzene rings is 3. The maximum absolute atomic E-state index is 13.1. The van der Waals surface area contributed by atoms with E-state index in [0.717, 1.165) is 30.4 Å². The van der Waals surface area contributed by atoms with E-state index in [4.69, 9.17) is 4.74 Å². The molecule has 0 amide bonds. The molecule has 0 aliphatic heterocycles. The summed E-state index contributed by atoms with van der Waals surface area (Å²) in [5, 5.41) is 0. The zero-order valence-corrected chi connectivity index (χ0v) is 24.2. The summed E-state index contributed by atoms with van der Waals surface area (Å²) in [7, 11) is 0. The number of esters is 1. The van der Waals surface area contributed by atoms with Crippen molar-refractivity contribution in [3.63, 3.8) is 0 Å². The van der Waals surface area contributed by atoms with E-state index in [9.17, 15) is 31.1 Å². The molecule has 0 unspecified atom stereocenters. The van der Waals surface area contributed by atoms with Crippen LogP contribution in [0, 0.1) is 17.8 Å². The highest BCUT2D eigenvalue weighted by Crippen LogP contribution is 2.37. The Kier molecular flexibility index (Phi) is 9.88. The molecule has 3 atom stereocenters. The first kappa shape index (κ1) is 32.1. The minimum absolute atomic E-state index is 0.0731. The average molecular weight is 601 g/mol. The fourth-order valence-corrected chi connectivity index (χ4v) is 5.36. The molecule has 1 aliphatic rings. The van der Waals surface area contributed by atoms with E-state index in [1.165, 1.54) is 12.2 Å². The third-order valence-electron chi connectivity index (χ3n) is 7.85. The van der Waals surface area contributed by atoms with E-state index in [2.05, 4.69) is 20.8 Å². The smallest absolute Gasteiger partial charge is 0.416 e. The minimum Gasteiger partial charge on any atom is -0.458 e. The van der Waals surface area contributed by atoms with Crippen molar-refractivity contribution in [2.24, 2.45) is 17.8 Å². The van der Waals surface area contributed by atoms with E-state index in [1.807, 2.05) is 24.3 Å². The van der Waals surface area contributed by atoms with Crippen molar-refractivity contribution in [2.75, 3.05) is 0 Å². The molecular weight excluding hydrogens is 566 g/mol. The molecule has 8 heteroatoms. The van der Waals surface area contributed by atoms with Crippen molar-refractivity contribution in [3.8, 4) is 0 Å². The predicted octanol–water partition coefficient (Wildman–Crippen LogP) is 10.7. The van der Waals surface area contributed by atoms with Gasteiger partial charge < -0.3 is 4.74 Å². The zero-order valence-electron chi connectivity index (χ0n) is 24.2. The van der Waals surface area contributed by atoms with Crippen LogP contribution in [0.4, 0.5) is 26.3 Å². The first-order valence-corrected chi connectivity index (χ1v) is 14.3. The van der Waals surface area contributed by atoms with Crippen molar-refractivity contribution in [3.05, 3.63) is 106 Å². The van der Waals surface area contributed by atoms with E-state index in [0.29, 0.717) is 41.0 Å². The van der Waals surface area contributed by atoms with Crippen molar-refractivity contribution >= 4 is 30.3 Å². The van der Waals surface area contributed by atoms with Crippen LogP contribution in [-0.2, 0) is 17.1 Å². The molecule has 3 aromatic carbocycles. The summed E-state index contributed by atoms with van der Waals surface area (Å²) < 4.78 is 84.6. The van der Waals surface area contributed by atoms with Crippen molar-refractivity contribution in [1.29, 1.82) is 0 Å². The van der Waals surface area contributed by atoms with Gasteiger partial charge in [-0.05, 0) is 83.2 Å². The number of carbonyl (C=O) groups is 1. The molecule has 0 spiro atoms. The quantitative estimate of drug-likeness (QED) is 0.153. The normalized spacial score (nSPS) is 19.8. The van der Waals surface area contributed by atoms with Gasteiger partial charge in [0.2, 0.25) is 0 Å². The first-order chi connectivity index (χ1) is 20.2. The Morgan fingerprint density at radius 2 is 1.16 bits per heavy atom. The molecule has 3 aromatic rings. The van der Waals surface area contributed by atoms with Crippen LogP contribution >= 0.6 is 0 Å². The largest absolute Gasteiger partial charge is 0.458 e. The fourth-order valence-electron chi connectivity index (χ4n) is 5.36. The molecule has 4 rings (SSSR count). The summed E-state index contributed by atoms with van der Waals surface area (Å²) in [5.74, 6) is 1.03. The molecule has 2 nitrogen and oxygen atoms in total. The highest BCUT2D eigenvalue weighted by atomic mass is 19.4. The van der Waals surface area contributed by atoms with Gasteiger partial charge in [-0.1, -0.05) is 87.9 Å². The lowest BCUT2D eigenvalue weighted by molar-refractivity contribution is -0.143. The second-order valence-electron chi connectivity index (χ2n) is 11.6. The van der Waals surface area contributed by atoms with Crippen LogP contribution < -0.4 is 0 Å². The Bertz CT molecular complexity index is 1420. The van der Waals surface area contributed by atoms with Gasteiger partial charge in [0.15, 0.2) is 0 Å². The van der Waals surface area contributed by atoms with Crippen LogP contribution in [0.15, 0.2) is 66.7 Å². The summed E-state index contributed by atoms with van der Waals surface area (Å²) in [6.07, 6.45) is -0.348. The molecule has 228 valence electrons. The Morgan fingerprint density at radius 1 is 0.721 bits per heavy atom. The van der Waals surface area contributed by atoms with Crippen LogP contribution in [0.1, 0.15) is 83.8 Å². The van der Waals surface area contributed by atoms with Crippen LogP contribution in [0.3, 0.4) is 0 Å². The Balaban J connectivity index is 1.39. The number of alkyl halides is 6. The average Bonchev–Trinajstić information content (AvgIpc) is 2.94. The van der Waals surface area contributed by atoms with E-state index < -0.39 is 23.5 Å². The second-order valence-corrected chi connectivity index (χ2v) is 11.6. The number of hydrogen-bond donors (Lipinski definition) is 0. The van der Waals surface area contributed by atoms with Crippen molar-refractivity contribution in [1.82, 2.24) is 0 Å². The van der Waals surface area contributed by atoms with Gasteiger partial charge in [0.25, 0.3) is 0 Å². The Hall–Kier alpha value is -3.81. The maximum atomic E-state index is 13.1. The summed E-state index contributed by atoms with van der Waals surface area (Å²) >= 11 is 0. The van der Waals surface area contributed by atoms with Crippen LogP contribution in [0.2, 0.25) is 0 Å². The highest BCUT2D eigenvalue weighted by Gasteiger charge is 2.37. The number of halogens is 6. The lowest BCUT2D eigenvalue weighted by Crippen LogP contribution is -2.35. The topological polar surface area (TPSA) is 26.3 Å². The number of hydrogen-bond acceptors (Lipinski definition) is 2. The molecule has 1 fully saturated rings. The lowest BCUT2D eigenvalue weighted by atomic mass is 9.75. The Labute approximate surface area is 248 Å². The van der Waals surface area contributed by atoms with Gasteiger partial charge in [0, 0.05) is 0 Å². The number of carbonyl (C=O) groups excluding carboxylic acids is 1. The third kappa shape index (κ3) is 8.85. The summed E-state index contributed by atoms with van der Waals surface area (Å²) in [6, 6.07) is 15.6. The van der Waals surface area contributed by atoms with Crippen molar-refractivity contribution in [2.45, 2.75) is 58.5 Å². The second kappa shape index (κ2) is 13.2. The number of rotatable bonds is 7. The van der Waals surface area contributed by atoms with Gasteiger partial charge in [-0.3, -0.25) is 0 Å². The molecule has 0 bridgehead atoms. The molecule has 0 radical (unpaired) electrons. The van der Waals surface area contributed by atoms with Gasteiger partial charge in [-0.25, -0.2) is 4.79 Å². The van der Waals surface area contributed by atoms with Gasteiger partial charge >= 0.3 is 18.3 Å². The van der Waals surface area contributed by atoms with E-state index in [-0.39, 0.29) is 23.7 Å². The molecule has 1 saturated carbocycles.